The molecule has 2 atom stereocenters. The highest BCUT2D eigenvalue weighted by Gasteiger charge is 2.41. The van der Waals surface area contributed by atoms with Crippen LogP contribution in [0, 0.1) is 5.92 Å². The van der Waals surface area contributed by atoms with E-state index in [9.17, 15) is 22.0 Å². The third kappa shape index (κ3) is 5.66. The Morgan fingerprint density at radius 2 is 1.97 bits per heavy atom. The van der Waals surface area contributed by atoms with Crippen molar-refractivity contribution in [2.45, 2.75) is 38.1 Å². The summed E-state index contributed by atoms with van der Waals surface area (Å²) in [6, 6.07) is 2.71. The standard InChI is InChI=1S/C20H24F5N5O2/c21-18(22)11-30-16(14-7-12(14)1-2-29-3-5-31-6-4-29)9-15(28-30)13-8-17(19(26)27-10-13)32-20(23,24)25/h8-10,12,14,18H,1-7,11H2,(H2,26,27). The molecular formula is C20H24F5N5O2. The minimum atomic E-state index is -4.93. The van der Waals surface area contributed by atoms with E-state index in [0.29, 0.717) is 24.8 Å². The predicted octanol–water partition coefficient (Wildman–Crippen LogP) is 3.52. The van der Waals surface area contributed by atoms with Gasteiger partial charge in [0.2, 0.25) is 0 Å². The van der Waals surface area contributed by atoms with Crippen LogP contribution in [0.3, 0.4) is 0 Å². The first-order valence-corrected chi connectivity index (χ1v) is 10.4. The van der Waals surface area contributed by atoms with Gasteiger partial charge >= 0.3 is 6.36 Å². The fraction of sp³-hybridized carbons (Fsp3) is 0.600. The molecule has 0 spiro atoms. The van der Waals surface area contributed by atoms with E-state index in [-0.39, 0.29) is 17.2 Å². The number of hydrogen-bond acceptors (Lipinski definition) is 6. The zero-order chi connectivity index (χ0) is 22.9. The second-order valence-corrected chi connectivity index (χ2v) is 8.03. The maximum atomic E-state index is 13.1. The molecule has 0 bridgehead atoms. The van der Waals surface area contributed by atoms with Crippen LogP contribution in [-0.2, 0) is 11.3 Å². The lowest BCUT2D eigenvalue weighted by molar-refractivity contribution is -0.274. The van der Waals surface area contributed by atoms with Gasteiger partial charge in [-0.15, -0.1) is 13.2 Å². The van der Waals surface area contributed by atoms with Crippen molar-refractivity contribution in [3.05, 3.63) is 24.0 Å². The Morgan fingerprint density at radius 3 is 2.66 bits per heavy atom. The summed E-state index contributed by atoms with van der Waals surface area (Å²) < 4.78 is 74.6. The third-order valence-corrected chi connectivity index (χ3v) is 5.75. The molecule has 1 aliphatic heterocycles. The van der Waals surface area contributed by atoms with Crippen molar-refractivity contribution >= 4 is 5.82 Å². The number of rotatable bonds is 8. The molecule has 2 aromatic rings. The summed E-state index contributed by atoms with van der Waals surface area (Å²) in [4.78, 5) is 6.06. The molecule has 12 heteroatoms. The second kappa shape index (κ2) is 9.18. The predicted molar refractivity (Wildman–Crippen MR) is 105 cm³/mol. The van der Waals surface area contributed by atoms with Gasteiger partial charge in [-0.25, -0.2) is 13.8 Å². The van der Waals surface area contributed by atoms with Crippen LogP contribution >= 0.6 is 0 Å². The number of alkyl halides is 5. The van der Waals surface area contributed by atoms with E-state index in [4.69, 9.17) is 10.5 Å². The van der Waals surface area contributed by atoms with Gasteiger partial charge in [-0.1, -0.05) is 0 Å². The first-order valence-electron chi connectivity index (χ1n) is 10.4. The summed E-state index contributed by atoms with van der Waals surface area (Å²) in [6.45, 7) is 3.54. The van der Waals surface area contributed by atoms with Crippen LogP contribution in [-0.4, -0.2) is 65.3 Å². The quantitative estimate of drug-likeness (QED) is 0.607. The summed E-state index contributed by atoms with van der Waals surface area (Å²) >= 11 is 0. The molecule has 2 unspecified atom stereocenters. The number of nitrogens with two attached hydrogens (primary N) is 1. The Bertz CT molecular complexity index is 930. The molecule has 1 saturated heterocycles. The molecule has 2 N–H and O–H groups in total. The molecule has 0 amide bonds. The van der Waals surface area contributed by atoms with Crippen LogP contribution in [0.5, 0.6) is 5.75 Å². The van der Waals surface area contributed by atoms with E-state index in [2.05, 4.69) is 19.7 Å². The number of nitrogen functional groups attached to an aromatic ring is 1. The van der Waals surface area contributed by atoms with Crippen LogP contribution in [0.2, 0.25) is 0 Å². The summed E-state index contributed by atoms with van der Waals surface area (Å²) in [5.74, 6) is -0.644. The number of pyridine rings is 1. The third-order valence-electron chi connectivity index (χ3n) is 5.75. The molecular weight excluding hydrogens is 437 g/mol. The Hall–Kier alpha value is -2.47. The molecule has 1 aliphatic carbocycles. The number of nitrogens with zero attached hydrogens (tertiary/aromatic N) is 4. The Morgan fingerprint density at radius 1 is 1.22 bits per heavy atom. The molecule has 2 fully saturated rings. The second-order valence-electron chi connectivity index (χ2n) is 8.03. The molecule has 2 aliphatic rings. The lowest BCUT2D eigenvalue weighted by Gasteiger charge is -2.26. The van der Waals surface area contributed by atoms with E-state index in [1.807, 2.05) is 0 Å². The summed E-state index contributed by atoms with van der Waals surface area (Å²) in [6.07, 6.45) is -4.49. The average Bonchev–Trinajstić information content (AvgIpc) is 3.38. The molecule has 0 radical (unpaired) electrons. The first kappa shape index (κ1) is 22.7. The highest BCUT2D eigenvalue weighted by molar-refractivity contribution is 5.64. The fourth-order valence-corrected chi connectivity index (χ4v) is 4.05. The Kier molecular flexibility index (Phi) is 6.52. The van der Waals surface area contributed by atoms with E-state index in [0.717, 1.165) is 38.5 Å². The van der Waals surface area contributed by atoms with Crippen LogP contribution < -0.4 is 10.5 Å². The van der Waals surface area contributed by atoms with Crippen LogP contribution in [0.1, 0.15) is 24.5 Å². The van der Waals surface area contributed by atoms with Crippen molar-refractivity contribution in [2.75, 3.05) is 38.6 Å². The SMILES string of the molecule is Nc1ncc(-c2cc(C3CC3CCN3CCOCC3)n(CC(F)F)n2)cc1OC(F)(F)F. The Labute approximate surface area is 181 Å². The maximum absolute atomic E-state index is 13.1. The number of aromatic nitrogens is 3. The molecule has 3 heterocycles. The van der Waals surface area contributed by atoms with E-state index < -0.39 is 30.9 Å². The van der Waals surface area contributed by atoms with Crippen molar-refractivity contribution in [2.24, 2.45) is 5.92 Å². The molecule has 176 valence electrons. The number of morpholine rings is 1. The van der Waals surface area contributed by atoms with Crippen molar-refractivity contribution in [3.8, 4) is 17.0 Å². The summed E-state index contributed by atoms with van der Waals surface area (Å²) in [5.41, 5.74) is 6.59. The molecule has 7 nitrogen and oxygen atoms in total. The Balaban J connectivity index is 1.51. The average molecular weight is 461 g/mol. The van der Waals surface area contributed by atoms with Gasteiger partial charge in [0.1, 0.15) is 6.54 Å². The van der Waals surface area contributed by atoms with Crippen molar-refractivity contribution in [3.63, 3.8) is 0 Å². The molecule has 2 aromatic heterocycles. The fourth-order valence-electron chi connectivity index (χ4n) is 4.05. The molecule has 1 saturated carbocycles. The van der Waals surface area contributed by atoms with Crippen molar-refractivity contribution in [1.82, 2.24) is 19.7 Å². The van der Waals surface area contributed by atoms with E-state index >= 15 is 0 Å². The molecule has 32 heavy (non-hydrogen) atoms. The number of halogens is 5. The van der Waals surface area contributed by atoms with Gasteiger partial charge < -0.3 is 15.2 Å². The smallest absolute Gasteiger partial charge is 0.402 e. The van der Waals surface area contributed by atoms with Gasteiger partial charge in [0.05, 0.1) is 18.9 Å². The minimum Gasteiger partial charge on any atom is -0.402 e. The minimum absolute atomic E-state index is 0.0867. The monoisotopic (exact) mass is 461 g/mol. The maximum Gasteiger partial charge on any atom is 0.573 e. The van der Waals surface area contributed by atoms with Crippen LogP contribution in [0.25, 0.3) is 11.3 Å². The van der Waals surface area contributed by atoms with Gasteiger partial charge in [0.25, 0.3) is 6.43 Å². The number of hydrogen-bond donors (Lipinski definition) is 1. The highest BCUT2D eigenvalue weighted by Crippen LogP contribution is 2.50. The van der Waals surface area contributed by atoms with Crippen LogP contribution in [0.15, 0.2) is 18.3 Å². The lowest BCUT2D eigenvalue weighted by Crippen LogP contribution is -2.37. The van der Waals surface area contributed by atoms with Crippen LogP contribution in [0.4, 0.5) is 27.8 Å². The summed E-state index contributed by atoms with van der Waals surface area (Å²) in [5, 5.41) is 4.23. The largest absolute Gasteiger partial charge is 0.573 e. The van der Waals surface area contributed by atoms with Gasteiger partial charge in [-0.3, -0.25) is 9.58 Å². The zero-order valence-electron chi connectivity index (χ0n) is 17.2. The zero-order valence-corrected chi connectivity index (χ0v) is 17.2. The lowest BCUT2D eigenvalue weighted by atomic mass is 10.1. The van der Waals surface area contributed by atoms with Crippen molar-refractivity contribution in [1.29, 1.82) is 0 Å². The first-order chi connectivity index (χ1) is 15.2. The van der Waals surface area contributed by atoms with Gasteiger partial charge in [0, 0.05) is 36.5 Å². The highest BCUT2D eigenvalue weighted by atomic mass is 19.4. The number of ether oxygens (including phenoxy) is 2. The van der Waals surface area contributed by atoms with Gasteiger partial charge in [0.15, 0.2) is 11.6 Å². The summed E-state index contributed by atoms with van der Waals surface area (Å²) in [7, 11) is 0. The van der Waals surface area contributed by atoms with E-state index in [1.165, 1.54) is 10.9 Å². The molecule has 4 rings (SSSR count). The normalized spacial score (nSPS) is 21.8. The van der Waals surface area contributed by atoms with E-state index in [1.54, 1.807) is 6.07 Å². The van der Waals surface area contributed by atoms with Crippen molar-refractivity contribution < 1.29 is 31.4 Å². The van der Waals surface area contributed by atoms with Gasteiger partial charge in [-0.2, -0.15) is 5.10 Å². The van der Waals surface area contributed by atoms with Gasteiger partial charge in [-0.05, 0) is 37.4 Å². The number of anilines is 1. The molecule has 0 aromatic carbocycles. The topological polar surface area (TPSA) is 78.4 Å².